The van der Waals surface area contributed by atoms with Crippen LogP contribution >= 0.6 is 11.6 Å². The van der Waals surface area contributed by atoms with E-state index in [1.54, 1.807) is 36.5 Å². The highest BCUT2D eigenvalue weighted by atomic mass is 35.5. The minimum Gasteiger partial charge on any atom is -0.507 e. The number of nitrogens with zero attached hydrogens (tertiary/aromatic N) is 1. The Balaban J connectivity index is 1.63. The van der Waals surface area contributed by atoms with Gasteiger partial charge >= 0.3 is 5.97 Å². The van der Waals surface area contributed by atoms with Gasteiger partial charge in [-0.2, -0.15) is 0 Å². The Hall–Kier alpha value is -3.70. The zero-order chi connectivity index (χ0) is 21.5. The number of phenolic OH excluding ortho intramolecular Hbond substituents is 1. The van der Waals surface area contributed by atoms with E-state index in [1.165, 1.54) is 6.07 Å². The standard InChI is InChI=1S/C25H16ClNO4/c26-17-6-3-14(4-7-17)24(29)18-8-10-21-23(25(18)30)19(13-22(28)31-21)15-5-9-20-16(12-15)2-1-11-27-20/h1-12,19,30H,13H2. The predicted molar refractivity (Wildman–Crippen MR) is 117 cm³/mol. The number of halogens is 1. The molecule has 0 bridgehead atoms. The highest BCUT2D eigenvalue weighted by Crippen LogP contribution is 2.46. The zero-order valence-corrected chi connectivity index (χ0v) is 17.0. The van der Waals surface area contributed by atoms with Crippen LogP contribution in [0.5, 0.6) is 11.5 Å². The molecule has 1 atom stereocenters. The quantitative estimate of drug-likeness (QED) is 0.273. The number of carbonyl (C=O) groups excluding carboxylic acids is 2. The molecule has 152 valence electrons. The summed E-state index contributed by atoms with van der Waals surface area (Å²) in [6, 6.07) is 19.0. The SMILES string of the molecule is O=C1CC(c2ccc3ncccc3c2)c2c(ccc(C(=O)c3ccc(Cl)cc3)c2O)O1. The van der Waals surface area contributed by atoms with Gasteiger partial charge in [0.1, 0.15) is 11.5 Å². The molecule has 1 unspecified atom stereocenters. The van der Waals surface area contributed by atoms with E-state index in [0.29, 0.717) is 16.1 Å². The average Bonchev–Trinajstić information content (AvgIpc) is 2.78. The molecule has 0 aliphatic carbocycles. The molecule has 31 heavy (non-hydrogen) atoms. The molecule has 0 fully saturated rings. The second-order valence-corrected chi connectivity index (χ2v) is 7.83. The molecule has 1 N–H and O–H groups in total. The summed E-state index contributed by atoms with van der Waals surface area (Å²) in [5, 5.41) is 12.5. The number of esters is 1. The molecular formula is C25H16ClNO4. The Kier molecular flexibility index (Phi) is 4.68. The molecule has 0 radical (unpaired) electrons. The lowest BCUT2D eigenvalue weighted by Gasteiger charge is -2.26. The van der Waals surface area contributed by atoms with Crippen molar-refractivity contribution in [1.29, 1.82) is 0 Å². The second-order valence-electron chi connectivity index (χ2n) is 7.40. The number of ether oxygens (including phenoxy) is 1. The number of carbonyl (C=O) groups is 2. The first-order valence-electron chi connectivity index (χ1n) is 9.73. The molecule has 0 saturated carbocycles. The van der Waals surface area contributed by atoms with Gasteiger partial charge in [-0.15, -0.1) is 0 Å². The summed E-state index contributed by atoms with van der Waals surface area (Å²) in [4.78, 5) is 29.6. The van der Waals surface area contributed by atoms with Crippen molar-refractivity contribution in [3.8, 4) is 11.5 Å². The number of fused-ring (bicyclic) bond motifs is 2. The van der Waals surface area contributed by atoms with E-state index in [4.69, 9.17) is 16.3 Å². The monoisotopic (exact) mass is 429 g/mol. The highest BCUT2D eigenvalue weighted by Gasteiger charge is 2.33. The normalized spacial score (nSPS) is 15.4. The zero-order valence-electron chi connectivity index (χ0n) is 16.2. The summed E-state index contributed by atoms with van der Waals surface area (Å²) >= 11 is 5.92. The van der Waals surface area contributed by atoms with E-state index >= 15 is 0 Å². The van der Waals surface area contributed by atoms with E-state index in [9.17, 15) is 14.7 Å². The number of hydrogen-bond donors (Lipinski definition) is 1. The Morgan fingerprint density at radius 1 is 1.06 bits per heavy atom. The van der Waals surface area contributed by atoms with Crippen molar-refractivity contribution in [2.24, 2.45) is 0 Å². The minimum absolute atomic E-state index is 0.0604. The molecular weight excluding hydrogens is 414 g/mol. The van der Waals surface area contributed by atoms with E-state index in [-0.39, 0.29) is 35.2 Å². The molecule has 3 aromatic carbocycles. The minimum atomic E-state index is -0.446. The van der Waals surface area contributed by atoms with Crippen molar-refractivity contribution in [3.63, 3.8) is 0 Å². The van der Waals surface area contributed by atoms with Crippen molar-refractivity contribution in [2.45, 2.75) is 12.3 Å². The highest BCUT2D eigenvalue weighted by molar-refractivity contribution is 6.30. The number of benzene rings is 3. The fraction of sp³-hybridized carbons (Fsp3) is 0.0800. The second kappa shape index (κ2) is 7.52. The Morgan fingerprint density at radius 2 is 1.87 bits per heavy atom. The van der Waals surface area contributed by atoms with E-state index in [1.807, 2.05) is 30.3 Å². The third kappa shape index (κ3) is 3.43. The molecule has 0 amide bonds. The van der Waals surface area contributed by atoms with Gasteiger partial charge in [-0.1, -0.05) is 23.7 Å². The van der Waals surface area contributed by atoms with Crippen LogP contribution in [0.4, 0.5) is 0 Å². The molecule has 4 aromatic rings. The summed E-state index contributed by atoms with van der Waals surface area (Å²) in [5.74, 6) is -1.09. The van der Waals surface area contributed by atoms with E-state index in [0.717, 1.165) is 16.5 Å². The third-order valence-electron chi connectivity index (χ3n) is 5.50. The number of ketones is 1. The van der Waals surface area contributed by atoms with E-state index in [2.05, 4.69) is 4.98 Å². The molecule has 2 heterocycles. The number of rotatable bonds is 3. The Morgan fingerprint density at radius 3 is 2.68 bits per heavy atom. The first-order valence-corrected chi connectivity index (χ1v) is 10.1. The maximum absolute atomic E-state index is 13.0. The van der Waals surface area contributed by atoms with Crippen LogP contribution in [0.15, 0.2) is 72.9 Å². The Labute approximate surface area is 182 Å². The first-order chi connectivity index (χ1) is 15.0. The fourth-order valence-corrected chi connectivity index (χ4v) is 4.11. The fourth-order valence-electron chi connectivity index (χ4n) is 3.98. The summed E-state index contributed by atoms with van der Waals surface area (Å²) in [6.45, 7) is 0. The maximum atomic E-state index is 13.0. The topological polar surface area (TPSA) is 76.5 Å². The van der Waals surface area contributed by atoms with Crippen LogP contribution in [0.1, 0.15) is 39.4 Å². The van der Waals surface area contributed by atoms with Gasteiger partial charge in [0, 0.05) is 33.7 Å². The van der Waals surface area contributed by atoms with Crippen LogP contribution in [-0.2, 0) is 4.79 Å². The van der Waals surface area contributed by atoms with Crippen LogP contribution in [0.2, 0.25) is 5.02 Å². The van der Waals surface area contributed by atoms with Crippen LogP contribution in [0, 0.1) is 0 Å². The van der Waals surface area contributed by atoms with Crippen molar-refractivity contribution < 1.29 is 19.4 Å². The van der Waals surface area contributed by atoms with Crippen LogP contribution in [0.3, 0.4) is 0 Å². The Bertz CT molecular complexity index is 1350. The van der Waals surface area contributed by atoms with Crippen molar-refractivity contribution in [3.05, 3.63) is 100 Å². The molecule has 0 saturated heterocycles. The van der Waals surface area contributed by atoms with Gasteiger partial charge in [0.15, 0.2) is 5.78 Å². The molecule has 6 heteroatoms. The van der Waals surface area contributed by atoms with Gasteiger partial charge in [-0.05, 0) is 60.2 Å². The smallest absolute Gasteiger partial charge is 0.312 e. The molecule has 5 nitrogen and oxygen atoms in total. The van der Waals surface area contributed by atoms with Crippen LogP contribution in [-0.4, -0.2) is 21.8 Å². The summed E-state index contributed by atoms with van der Waals surface area (Å²) < 4.78 is 5.37. The average molecular weight is 430 g/mol. The number of phenols is 1. The van der Waals surface area contributed by atoms with Gasteiger partial charge in [0.2, 0.25) is 0 Å². The molecule has 1 aliphatic heterocycles. The first kappa shape index (κ1) is 19.3. The number of aromatic hydroxyl groups is 1. The third-order valence-corrected chi connectivity index (χ3v) is 5.75. The van der Waals surface area contributed by atoms with Crippen molar-refractivity contribution in [2.75, 3.05) is 0 Å². The molecule has 5 rings (SSSR count). The summed E-state index contributed by atoms with van der Waals surface area (Å²) in [5.41, 5.74) is 2.65. The van der Waals surface area contributed by atoms with Crippen LogP contribution in [0.25, 0.3) is 10.9 Å². The number of hydrogen-bond acceptors (Lipinski definition) is 5. The van der Waals surface area contributed by atoms with Crippen molar-refractivity contribution >= 4 is 34.3 Å². The molecule has 1 aliphatic rings. The van der Waals surface area contributed by atoms with E-state index < -0.39 is 5.92 Å². The summed E-state index contributed by atoms with van der Waals surface area (Å²) in [6.07, 6.45) is 1.78. The largest absolute Gasteiger partial charge is 0.507 e. The lowest BCUT2D eigenvalue weighted by atomic mass is 9.83. The number of aromatic nitrogens is 1. The molecule has 1 aromatic heterocycles. The lowest BCUT2D eigenvalue weighted by molar-refractivity contribution is -0.135. The van der Waals surface area contributed by atoms with Crippen molar-refractivity contribution in [1.82, 2.24) is 4.98 Å². The molecule has 0 spiro atoms. The van der Waals surface area contributed by atoms with Gasteiger partial charge in [0.05, 0.1) is 17.5 Å². The van der Waals surface area contributed by atoms with Gasteiger partial charge < -0.3 is 9.84 Å². The van der Waals surface area contributed by atoms with Gasteiger partial charge in [0.25, 0.3) is 0 Å². The number of pyridine rings is 1. The lowest BCUT2D eigenvalue weighted by Crippen LogP contribution is -2.22. The summed E-state index contributed by atoms with van der Waals surface area (Å²) in [7, 11) is 0. The predicted octanol–water partition coefficient (Wildman–Crippen LogP) is 5.27. The van der Waals surface area contributed by atoms with Gasteiger partial charge in [-0.3, -0.25) is 14.6 Å². The maximum Gasteiger partial charge on any atom is 0.312 e. The van der Waals surface area contributed by atoms with Gasteiger partial charge in [-0.25, -0.2) is 0 Å². The van der Waals surface area contributed by atoms with Crippen LogP contribution < -0.4 is 4.74 Å².